The normalized spacial score (nSPS) is 24.8. The highest BCUT2D eigenvalue weighted by Crippen LogP contribution is 2.20. The Labute approximate surface area is 101 Å². The minimum Gasteiger partial charge on any atom is -0.376 e. The molecule has 1 aromatic heterocycles. The molecule has 1 saturated heterocycles. The van der Waals surface area contributed by atoms with E-state index in [-0.39, 0.29) is 6.10 Å². The molecule has 1 N–H and O–H groups in total. The summed E-state index contributed by atoms with van der Waals surface area (Å²) in [6.07, 6.45) is 4.27. The van der Waals surface area contributed by atoms with Crippen LogP contribution in [0.5, 0.6) is 0 Å². The van der Waals surface area contributed by atoms with Crippen LogP contribution >= 0.6 is 0 Å². The minimum absolute atomic E-state index is 0.107. The van der Waals surface area contributed by atoms with E-state index >= 15 is 0 Å². The van der Waals surface area contributed by atoms with Gasteiger partial charge < -0.3 is 14.8 Å². The maximum absolute atomic E-state index is 5.59. The van der Waals surface area contributed by atoms with E-state index in [1.54, 1.807) is 6.20 Å². The number of nitrogens with one attached hydrogen (secondary N) is 1. The molecule has 0 spiro atoms. The molecule has 1 aliphatic carbocycles. The number of rotatable bonds is 4. The lowest BCUT2D eigenvalue weighted by Gasteiger charge is -2.21. The summed E-state index contributed by atoms with van der Waals surface area (Å²) in [5, 5.41) is 3.44. The molecule has 0 bridgehead atoms. The van der Waals surface area contributed by atoms with E-state index < -0.39 is 0 Å². The highest BCUT2D eigenvalue weighted by Gasteiger charge is 2.22. The van der Waals surface area contributed by atoms with Gasteiger partial charge in [-0.2, -0.15) is 0 Å². The van der Waals surface area contributed by atoms with Gasteiger partial charge in [-0.1, -0.05) is 0 Å². The quantitative estimate of drug-likeness (QED) is 0.837. The standard InChI is InChI=1S/C12H17N3O2/c1-2-9(1)14-7-10-3-4-13-12(15-10)11-8-16-5-6-17-11/h3-4,9,11,14H,1-2,5-8H2. The van der Waals surface area contributed by atoms with Gasteiger partial charge in [-0.05, 0) is 18.9 Å². The maximum atomic E-state index is 5.59. The first-order valence-electron chi connectivity index (χ1n) is 6.16. The Kier molecular flexibility index (Phi) is 3.31. The average Bonchev–Trinajstić information content (AvgIpc) is 3.22. The zero-order chi connectivity index (χ0) is 11.5. The van der Waals surface area contributed by atoms with Crippen molar-refractivity contribution in [3.63, 3.8) is 0 Å². The molecule has 1 unspecified atom stereocenters. The molecule has 92 valence electrons. The number of hydrogen-bond donors (Lipinski definition) is 1. The lowest BCUT2D eigenvalue weighted by molar-refractivity contribution is -0.0936. The summed E-state index contributed by atoms with van der Waals surface area (Å²) in [5.74, 6) is 0.736. The zero-order valence-electron chi connectivity index (χ0n) is 9.76. The van der Waals surface area contributed by atoms with Gasteiger partial charge >= 0.3 is 0 Å². The smallest absolute Gasteiger partial charge is 0.159 e. The second-order valence-corrected chi connectivity index (χ2v) is 4.50. The minimum atomic E-state index is -0.107. The van der Waals surface area contributed by atoms with Gasteiger partial charge in [0.1, 0.15) is 6.10 Å². The number of aromatic nitrogens is 2. The van der Waals surface area contributed by atoms with Gasteiger partial charge in [0.05, 0.1) is 25.5 Å². The van der Waals surface area contributed by atoms with E-state index in [9.17, 15) is 0 Å². The van der Waals surface area contributed by atoms with Crippen LogP contribution in [0.25, 0.3) is 0 Å². The molecule has 5 nitrogen and oxygen atoms in total. The molecule has 0 amide bonds. The first kappa shape index (κ1) is 11.1. The second-order valence-electron chi connectivity index (χ2n) is 4.50. The van der Waals surface area contributed by atoms with Crippen molar-refractivity contribution in [3.8, 4) is 0 Å². The Morgan fingerprint density at radius 3 is 3.06 bits per heavy atom. The summed E-state index contributed by atoms with van der Waals surface area (Å²) in [4.78, 5) is 8.78. The Balaban J connectivity index is 1.64. The topological polar surface area (TPSA) is 56.3 Å². The van der Waals surface area contributed by atoms with Crippen molar-refractivity contribution in [3.05, 3.63) is 23.8 Å². The average molecular weight is 235 g/mol. The van der Waals surface area contributed by atoms with E-state index in [2.05, 4.69) is 15.3 Å². The molecule has 3 rings (SSSR count). The summed E-state index contributed by atoms with van der Waals surface area (Å²) in [7, 11) is 0. The summed E-state index contributed by atoms with van der Waals surface area (Å²) < 4.78 is 11.0. The van der Waals surface area contributed by atoms with Gasteiger partial charge in [0.15, 0.2) is 5.82 Å². The largest absolute Gasteiger partial charge is 0.376 e. The van der Waals surface area contributed by atoms with Crippen molar-refractivity contribution in [2.75, 3.05) is 19.8 Å². The molecule has 17 heavy (non-hydrogen) atoms. The van der Waals surface area contributed by atoms with Crippen molar-refractivity contribution < 1.29 is 9.47 Å². The molecular weight excluding hydrogens is 218 g/mol. The Morgan fingerprint density at radius 1 is 1.35 bits per heavy atom. The van der Waals surface area contributed by atoms with Crippen molar-refractivity contribution >= 4 is 0 Å². The van der Waals surface area contributed by atoms with E-state index in [4.69, 9.17) is 9.47 Å². The monoisotopic (exact) mass is 235 g/mol. The molecule has 5 heteroatoms. The van der Waals surface area contributed by atoms with Crippen molar-refractivity contribution in [1.82, 2.24) is 15.3 Å². The van der Waals surface area contributed by atoms with Gasteiger partial charge in [-0.25, -0.2) is 9.97 Å². The fraction of sp³-hybridized carbons (Fsp3) is 0.667. The lowest BCUT2D eigenvalue weighted by Crippen LogP contribution is -2.24. The van der Waals surface area contributed by atoms with Crippen molar-refractivity contribution in [2.45, 2.75) is 31.5 Å². The summed E-state index contributed by atoms with van der Waals surface area (Å²) in [5.41, 5.74) is 1.02. The Bertz CT molecular complexity index is 376. The van der Waals surface area contributed by atoms with Crippen LogP contribution in [0.2, 0.25) is 0 Å². The number of hydrogen-bond acceptors (Lipinski definition) is 5. The maximum Gasteiger partial charge on any atom is 0.159 e. The Hall–Kier alpha value is -1.04. The Morgan fingerprint density at radius 2 is 2.29 bits per heavy atom. The van der Waals surface area contributed by atoms with Crippen LogP contribution in [-0.2, 0) is 16.0 Å². The molecule has 2 fully saturated rings. The lowest BCUT2D eigenvalue weighted by atomic mass is 10.3. The zero-order valence-corrected chi connectivity index (χ0v) is 9.76. The molecule has 2 aliphatic rings. The van der Waals surface area contributed by atoms with E-state index in [0.29, 0.717) is 25.9 Å². The first-order valence-corrected chi connectivity index (χ1v) is 6.16. The van der Waals surface area contributed by atoms with Gasteiger partial charge in [-0.3, -0.25) is 0 Å². The number of nitrogens with zero attached hydrogens (tertiary/aromatic N) is 2. The number of ether oxygens (including phenoxy) is 2. The predicted octanol–water partition coefficient (Wildman–Crippen LogP) is 0.816. The van der Waals surface area contributed by atoms with E-state index in [0.717, 1.165) is 18.1 Å². The van der Waals surface area contributed by atoms with E-state index in [1.807, 2.05) is 6.07 Å². The molecule has 1 aliphatic heterocycles. The summed E-state index contributed by atoms with van der Waals surface area (Å²) in [6, 6.07) is 2.64. The molecule has 1 atom stereocenters. The van der Waals surface area contributed by atoms with Crippen LogP contribution in [0, 0.1) is 0 Å². The third-order valence-electron chi connectivity index (χ3n) is 2.99. The second kappa shape index (κ2) is 5.08. The van der Waals surface area contributed by atoms with Gasteiger partial charge in [0.2, 0.25) is 0 Å². The molecule has 0 aromatic carbocycles. The SMILES string of the molecule is c1cc(CNC2CC2)nc(C2COCCO2)n1. The van der Waals surface area contributed by atoms with Crippen molar-refractivity contribution in [1.29, 1.82) is 0 Å². The molecular formula is C12H17N3O2. The highest BCUT2D eigenvalue weighted by atomic mass is 16.6. The fourth-order valence-corrected chi connectivity index (χ4v) is 1.84. The predicted molar refractivity (Wildman–Crippen MR) is 61.4 cm³/mol. The molecule has 0 radical (unpaired) electrons. The van der Waals surface area contributed by atoms with Crippen LogP contribution in [0.15, 0.2) is 12.3 Å². The van der Waals surface area contributed by atoms with Gasteiger partial charge in [0.25, 0.3) is 0 Å². The van der Waals surface area contributed by atoms with Gasteiger partial charge in [0, 0.05) is 18.8 Å². The highest BCUT2D eigenvalue weighted by molar-refractivity contribution is 5.05. The third kappa shape index (κ3) is 3.00. The van der Waals surface area contributed by atoms with Crippen LogP contribution in [0.3, 0.4) is 0 Å². The van der Waals surface area contributed by atoms with Crippen LogP contribution in [0.4, 0.5) is 0 Å². The molecule has 2 heterocycles. The fourth-order valence-electron chi connectivity index (χ4n) is 1.84. The van der Waals surface area contributed by atoms with E-state index in [1.165, 1.54) is 12.8 Å². The van der Waals surface area contributed by atoms with Gasteiger partial charge in [-0.15, -0.1) is 0 Å². The van der Waals surface area contributed by atoms with Crippen molar-refractivity contribution in [2.24, 2.45) is 0 Å². The molecule has 1 aromatic rings. The summed E-state index contributed by atoms with van der Waals surface area (Å²) in [6.45, 7) is 2.66. The van der Waals surface area contributed by atoms with Crippen LogP contribution in [-0.4, -0.2) is 35.8 Å². The van der Waals surface area contributed by atoms with Crippen LogP contribution < -0.4 is 5.32 Å². The first-order chi connectivity index (χ1) is 8.42. The third-order valence-corrected chi connectivity index (χ3v) is 2.99. The summed E-state index contributed by atoms with van der Waals surface area (Å²) >= 11 is 0. The molecule has 1 saturated carbocycles. The van der Waals surface area contributed by atoms with Crippen LogP contribution in [0.1, 0.15) is 30.5 Å².